The predicted molar refractivity (Wildman–Crippen MR) is 95.1 cm³/mol. The highest BCUT2D eigenvalue weighted by atomic mass is 32.2. The molecule has 2 aromatic rings. The van der Waals surface area contributed by atoms with Crippen molar-refractivity contribution in [2.75, 3.05) is 18.0 Å². The highest BCUT2D eigenvalue weighted by molar-refractivity contribution is 7.89. The van der Waals surface area contributed by atoms with E-state index in [2.05, 4.69) is 4.72 Å². The molecule has 25 heavy (non-hydrogen) atoms. The summed E-state index contributed by atoms with van der Waals surface area (Å²) in [7, 11) is -3.54. The SMILES string of the molecule is O=[N+]([O-])c1ccccc1N1CCC(NS(=O)(=O)c2ccccc2)CC1. The molecule has 0 bridgehead atoms. The molecular weight excluding hydrogens is 342 g/mol. The average molecular weight is 361 g/mol. The third kappa shape index (κ3) is 3.97. The van der Waals surface area contributed by atoms with E-state index in [-0.39, 0.29) is 21.5 Å². The van der Waals surface area contributed by atoms with Crippen molar-refractivity contribution in [3.8, 4) is 0 Å². The topological polar surface area (TPSA) is 92.6 Å². The zero-order valence-electron chi connectivity index (χ0n) is 13.5. The van der Waals surface area contributed by atoms with Gasteiger partial charge in [0.25, 0.3) is 5.69 Å². The van der Waals surface area contributed by atoms with Crippen LogP contribution in [0, 0.1) is 10.1 Å². The van der Waals surface area contributed by atoms with Gasteiger partial charge in [0.15, 0.2) is 0 Å². The smallest absolute Gasteiger partial charge is 0.292 e. The second-order valence-corrected chi connectivity index (χ2v) is 7.66. The number of sulfonamides is 1. The molecule has 0 atom stereocenters. The van der Waals surface area contributed by atoms with E-state index in [0.29, 0.717) is 31.6 Å². The summed E-state index contributed by atoms with van der Waals surface area (Å²) >= 11 is 0. The summed E-state index contributed by atoms with van der Waals surface area (Å²) in [6.07, 6.45) is 1.19. The van der Waals surface area contributed by atoms with Crippen LogP contribution in [-0.2, 0) is 10.0 Å². The van der Waals surface area contributed by atoms with Crippen LogP contribution in [0.15, 0.2) is 59.5 Å². The first-order valence-corrected chi connectivity index (χ1v) is 9.51. The Labute approximate surface area is 146 Å². The van der Waals surface area contributed by atoms with Gasteiger partial charge < -0.3 is 4.90 Å². The van der Waals surface area contributed by atoms with Crippen LogP contribution in [-0.4, -0.2) is 32.5 Å². The Morgan fingerprint density at radius 2 is 1.60 bits per heavy atom. The lowest BCUT2D eigenvalue weighted by molar-refractivity contribution is -0.384. The molecule has 0 amide bonds. The van der Waals surface area contributed by atoms with Crippen molar-refractivity contribution in [1.82, 2.24) is 4.72 Å². The van der Waals surface area contributed by atoms with E-state index in [1.807, 2.05) is 4.90 Å². The normalized spacial score (nSPS) is 15.9. The largest absolute Gasteiger partial charge is 0.366 e. The first-order chi connectivity index (χ1) is 12.0. The number of nitro groups is 1. The third-order valence-corrected chi connectivity index (χ3v) is 5.83. The molecule has 1 saturated heterocycles. The van der Waals surface area contributed by atoms with Gasteiger partial charge in [0.1, 0.15) is 5.69 Å². The van der Waals surface area contributed by atoms with Crippen molar-refractivity contribution in [2.24, 2.45) is 0 Å². The highest BCUT2D eigenvalue weighted by Gasteiger charge is 2.27. The molecule has 0 aromatic heterocycles. The maximum atomic E-state index is 12.4. The Hall–Kier alpha value is -2.45. The molecule has 3 rings (SSSR count). The molecule has 0 saturated carbocycles. The van der Waals surface area contributed by atoms with Gasteiger partial charge in [-0.25, -0.2) is 13.1 Å². The molecule has 0 unspecified atom stereocenters. The number of benzene rings is 2. The molecule has 132 valence electrons. The minimum Gasteiger partial charge on any atom is -0.366 e. The molecule has 2 aromatic carbocycles. The lowest BCUT2D eigenvalue weighted by Gasteiger charge is -2.33. The van der Waals surface area contributed by atoms with E-state index in [0.717, 1.165) is 0 Å². The summed E-state index contributed by atoms with van der Waals surface area (Å²) in [5, 5.41) is 11.2. The number of piperidine rings is 1. The summed E-state index contributed by atoms with van der Waals surface area (Å²) in [6.45, 7) is 1.12. The summed E-state index contributed by atoms with van der Waals surface area (Å²) in [5.74, 6) is 0. The average Bonchev–Trinajstić information content (AvgIpc) is 2.63. The maximum Gasteiger partial charge on any atom is 0.292 e. The quantitative estimate of drug-likeness (QED) is 0.652. The fourth-order valence-electron chi connectivity index (χ4n) is 3.01. The molecule has 1 N–H and O–H groups in total. The van der Waals surface area contributed by atoms with E-state index in [9.17, 15) is 18.5 Å². The van der Waals surface area contributed by atoms with Crippen LogP contribution in [0.25, 0.3) is 0 Å². The second kappa shape index (κ2) is 7.20. The Bertz CT molecular complexity index is 847. The minimum atomic E-state index is -3.54. The number of rotatable bonds is 5. The molecule has 0 spiro atoms. The number of hydrogen-bond donors (Lipinski definition) is 1. The first kappa shape index (κ1) is 17.4. The van der Waals surface area contributed by atoms with Gasteiger partial charge >= 0.3 is 0 Å². The van der Waals surface area contributed by atoms with Gasteiger partial charge in [-0.2, -0.15) is 0 Å². The van der Waals surface area contributed by atoms with Gasteiger partial charge in [-0.1, -0.05) is 30.3 Å². The Kier molecular flexibility index (Phi) is 5.00. The first-order valence-electron chi connectivity index (χ1n) is 8.03. The zero-order chi connectivity index (χ0) is 17.9. The second-order valence-electron chi connectivity index (χ2n) is 5.94. The molecule has 7 nitrogen and oxygen atoms in total. The summed E-state index contributed by atoms with van der Waals surface area (Å²) in [5.41, 5.74) is 0.655. The van der Waals surface area contributed by atoms with Gasteiger partial charge in [0.05, 0.1) is 9.82 Å². The minimum absolute atomic E-state index is 0.0748. The molecule has 1 fully saturated rings. The number of nitro benzene ring substituents is 1. The van der Waals surface area contributed by atoms with Gasteiger partial charge in [0.2, 0.25) is 10.0 Å². The molecule has 1 aliphatic heterocycles. The Morgan fingerprint density at radius 3 is 2.24 bits per heavy atom. The van der Waals surface area contributed by atoms with Gasteiger partial charge in [-0.15, -0.1) is 0 Å². The third-order valence-electron chi connectivity index (χ3n) is 4.29. The van der Waals surface area contributed by atoms with Crippen LogP contribution < -0.4 is 9.62 Å². The van der Waals surface area contributed by atoms with E-state index < -0.39 is 10.0 Å². The van der Waals surface area contributed by atoms with Gasteiger partial charge in [-0.3, -0.25) is 10.1 Å². The van der Waals surface area contributed by atoms with Crippen molar-refractivity contribution in [2.45, 2.75) is 23.8 Å². The molecule has 8 heteroatoms. The number of hydrogen-bond acceptors (Lipinski definition) is 5. The fourth-order valence-corrected chi connectivity index (χ4v) is 4.34. The summed E-state index contributed by atoms with van der Waals surface area (Å²) in [6, 6.07) is 14.7. The number of nitrogens with one attached hydrogen (secondary N) is 1. The summed E-state index contributed by atoms with van der Waals surface area (Å²) in [4.78, 5) is 13.0. The van der Waals surface area contributed by atoms with Crippen LogP contribution in [0.4, 0.5) is 11.4 Å². The summed E-state index contributed by atoms with van der Waals surface area (Å²) < 4.78 is 27.5. The molecule has 0 aliphatic carbocycles. The fraction of sp³-hybridized carbons (Fsp3) is 0.294. The number of nitrogens with zero attached hydrogens (tertiary/aromatic N) is 2. The molecule has 1 aliphatic rings. The van der Waals surface area contributed by atoms with E-state index in [1.165, 1.54) is 6.07 Å². The van der Waals surface area contributed by atoms with Crippen molar-refractivity contribution >= 4 is 21.4 Å². The molecule has 1 heterocycles. The van der Waals surface area contributed by atoms with Crippen molar-refractivity contribution in [3.05, 3.63) is 64.7 Å². The number of anilines is 1. The predicted octanol–water partition coefficient (Wildman–Crippen LogP) is 2.54. The van der Waals surface area contributed by atoms with Crippen molar-refractivity contribution in [1.29, 1.82) is 0 Å². The van der Waals surface area contributed by atoms with Crippen LogP contribution in [0.5, 0.6) is 0 Å². The van der Waals surface area contributed by atoms with Crippen LogP contribution in [0.1, 0.15) is 12.8 Å². The Morgan fingerprint density at radius 1 is 1.00 bits per heavy atom. The van der Waals surface area contributed by atoms with E-state index in [1.54, 1.807) is 48.5 Å². The standard InChI is InChI=1S/C17H19N3O4S/c21-20(22)17-9-5-4-8-16(17)19-12-10-14(11-13-19)18-25(23,24)15-6-2-1-3-7-15/h1-9,14,18H,10-13H2. The number of para-hydroxylation sites is 2. The van der Waals surface area contributed by atoms with E-state index >= 15 is 0 Å². The zero-order valence-corrected chi connectivity index (χ0v) is 14.4. The molecular formula is C17H19N3O4S. The van der Waals surface area contributed by atoms with Crippen molar-refractivity contribution < 1.29 is 13.3 Å². The Balaban J connectivity index is 1.66. The molecule has 0 radical (unpaired) electrons. The van der Waals surface area contributed by atoms with Crippen LogP contribution >= 0.6 is 0 Å². The van der Waals surface area contributed by atoms with Gasteiger partial charge in [0, 0.05) is 25.2 Å². The van der Waals surface area contributed by atoms with E-state index in [4.69, 9.17) is 0 Å². The van der Waals surface area contributed by atoms with Crippen LogP contribution in [0.2, 0.25) is 0 Å². The lowest BCUT2D eigenvalue weighted by atomic mass is 10.1. The monoisotopic (exact) mass is 361 g/mol. The van der Waals surface area contributed by atoms with Crippen LogP contribution in [0.3, 0.4) is 0 Å². The maximum absolute atomic E-state index is 12.4. The highest BCUT2D eigenvalue weighted by Crippen LogP contribution is 2.30. The van der Waals surface area contributed by atoms with Gasteiger partial charge in [-0.05, 0) is 31.0 Å². The van der Waals surface area contributed by atoms with Crippen molar-refractivity contribution in [3.63, 3.8) is 0 Å². The lowest BCUT2D eigenvalue weighted by Crippen LogP contribution is -2.44.